The van der Waals surface area contributed by atoms with Crippen LogP contribution in [-0.4, -0.2) is 34.1 Å². The number of anilines is 1. The van der Waals surface area contributed by atoms with E-state index >= 15 is 0 Å². The van der Waals surface area contributed by atoms with E-state index in [4.69, 9.17) is 5.41 Å². The lowest BCUT2D eigenvalue weighted by atomic mass is 9.84. The minimum Gasteiger partial charge on any atom is -0.372 e. The summed E-state index contributed by atoms with van der Waals surface area (Å²) < 4.78 is 44.4. The smallest absolute Gasteiger partial charge is 0.372 e. The Kier molecular flexibility index (Phi) is 5.82. The third-order valence-corrected chi connectivity index (χ3v) is 4.99. The van der Waals surface area contributed by atoms with Gasteiger partial charge >= 0.3 is 12.2 Å². The largest absolute Gasteiger partial charge is 0.425 e. The van der Waals surface area contributed by atoms with Crippen LogP contribution in [0, 0.1) is 5.41 Å². The topological polar surface area (TPSA) is 90.1 Å². The number of aryl methyl sites for hydroxylation is 1. The van der Waals surface area contributed by atoms with Crippen LogP contribution < -0.4 is 10.6 Å². The van der Waals surface area contributed by atoms with Gasteiger partial charge in [-0.05, 0) is 37.6 Å². The summed E-state index contributed by atoms with van der Waals surface area (Å²) in [4.78, 5) is 12.0. The quantitative estimate of drug-likeness (QED) is 0.447. The molecule has 31 heavy (non-hydrogen) atoms. The van der Waals surface area contributed by atoms with Gasteiger partial charge < -0.3 is 25.7 Å². The number of hydrogen-bond acceptors (Lipinski definition) is 3. The van der Waals surface area contributed by atoms with Gasteiger partial charge in [-0.2, -0.15) is 13.2 Å². The van der Waals surface area contributed by atoms with E-state index in [2.05, 4.69) is 10.6 Å². The molecule has 0 radical (unpaired) electrons. The standard InChI is InChI=1S/C22H23F3N4O2/c1-13(2)27-20(30)28-18-9-8-15(10-14(18)11-26)21(31,22(23,24)25)17-12-29(3)19-7-5-4-6-16(17)19/h4-13,26,31H,1-3H3,(H2,27,28,30). The van der Waals surface area contributed by atoms with Crippen molar-refractivity contribution in [1.29, 1.82) is 5.41 Å². The highest BCUT2D eigenvalue weighted by Gasteiger charge is 2.57. The van der Waals surface area contributed by atoms with Gasteiger partial charge in [-0.15, -0.1) is 0 Å². The van der Waals surface area contributed by atoms with Crippen LogP contribution in [0.15, 0.2) is 48.7 Å². The fourth-order valence-corrected chi connectivity index (χ4v) is 3.54. The molecular weight excluding hydrogens is 409 g/mol. The molecule has 3 aromatic rings. The van der Waals surface area contributed by atoms with Gasteiger partial charge in [0.1, 0.15) is 0 Å². The molecular formula is C22H23F3N4O2. The number of hydrogen-bond donors (Lipinski definition) is 4. The third-order valence-electron chi connectivity index (χ3n) is 4.99. The van der Waals surface area contributed by atoms with E-state index in [-0.39, 0.29) is 28.2 Å². The number of aliphatic hydroxyl groups is 1. The van der Waals surface area contributed by atoms with Crippen LogP contribution in [0.1, 0.15) is 30.5 Å². The first kappa shape index (κ1) is 22.4. The Bertz CT molecular complexity index is 1140. The number of rotatable bonds is 5. The van der Waals surface area contributed by atoms with Crippen molar-refractivity contribution in [2.75, 3.05) is 5.32 Å². The Balaban J connectivity index is 2.16. The molecule has 1 atom stereocenters. The lowest BCUT2D eigenvalue weighted by Crippen LogP contribution is -2.43. The predicted octanol–water partition coefficient (Wildman–Crippen LogP) is 4.50. The summed E-state index contributed by atoms with van der Waals surface area (Å²) in [5.74, 6) is 0. The first-order valence-electron chi connectivity index (χ1n) is 9.55. The van der Waals surface area contributed by atoms with Crippen LogP contribution in [0.25, 0.3) is 10.9 Å². The zero-order valence-corrected chi connectivity index (χ0v) is 17.2. The van der Waals surface area contributed by atoms with E-state index in [0.29, 0.717) is 5.52 Å². The van der Waals surface area contributed by atoms with Crippen LogP contribution in [0.3, 0.4) is 0 Å². The highest BCUT2D eigenvalue weighted by atomic mass is 19.4. The number of urea groups is 1. The van der Waals surface area contributed by atoms with Gasteiger partial charge in [0.15, 0.2) is 0 Å². The van der Waals surface area contributed by atoms with E-state index in [1.54, 1.807) is 39.1 Å². The van der Waals surface area contributed by atoms with Gasteiger partial charge in [0.25, 0.3) is 0 Å². The maximum Gasteiger partial charge on any atom is 0.425 e. The van der Waals surface area contributed by atoms with Crippen LogP contribution in [-0.2, 0) is 12.6 Å². The average molecular weight is 432 g/mol. The molecule has 0 aliphatic rings. The number of carbonyl (C=O) groups excluding carboxylic acids is 1. The maximum atomic E-state index is 14.3. The van der Waals surface area contributed by atoms with Crippen molar-refractivity contribution in [2.45, 2.75) is 31.7 Å². The molecule has 0 aliphatic carbocycles. The Morgan fingerprint density at radius 3 is 2.48 bits per heavy atom. The molecule has 1 aromatic heterocycles. The predicted molar refractivity (Wildman–Crippen MR) is 114 cm³/mol. The van der Waals surface area contributed by atoms with Crippen LogP contribution in [0.2, 0.25) is 0 Å². The zero-order valence-electron chi connectivity index (χ0n) is 17.2. The Morgan fingerprint density at radius 1 is 1.19 bits per heavy atom. The molecule has 2 amide bonds. The SMILES string of the molecule is CC(C)NC(=O)Nc1ccc(C(O)(c2cn(C)c3ccccc23)C(F)(F)F)cc1C=N. The molecule has 0 aliphatic heterocycles. The van der Waals surface area contributed by atoms with E-state index in [1.165, 1.54) is 22.9 Å². The number of para-hydroxylation sites is 1. The van der Waals surface area contributed by atoms with Gasteiger partial charge in [0.05, 0.1) is 5.69 Å². The number of aromatic nitrogens is 1. The first-order chi connectivity index (χ1) is 14.5. The van der Waals surface area contributed by atoms with Crippen molar-refractivity contribution in [3.05, 3.63) is 65.4 Å². The number of carbonyl (C=O) groups is 1. The second kappa shape index (κ2) is 8.07. The molecule has 6 nitrogen and oxygen atoms in total. The van der Waals surface area contributed by atoms with Crippen molar-refractivity contribution in [3.8, 4) is 0 Å². The third kappa shape index (κ3) is 4.00. The molecule has 9 heteroatoms. The molecule has 3 rings (SSSR count). The average Bonchev–Trinajstić information content (AvgIpc) is 3.03. The van der Waals surface area contributed by atoms with Crippen LogP contribution in [0.5, 0.6) is 0 Å². The van der Waals surface area contributed by atoms with E-state index in [9.17, 15) is 23.1 Å². The minimum absolute atomic E-state index is 0.0271. The fraction of sp³-hybridized carbons (Fsp3) is 0.273. The number of amides is 2. The van der Waals surface area contributed by atoms with Crippen molar-refractivity contribution in [2.24, 2.45) is 7.05 Å². The highest BCUT2D eigenvalue weighted by Crippen LogP contribution is 2.47. The van der Waals surface area contributed by atoms with Crippen LogP contribution in [0.4, 0.5) is 23.7 Å². The summed E-state index contributed by atoms with van der Waals surface area (Å²) in [6.45, 7) is 3.52. The lowest BCUT2D eigenvalue weighted by Gasteiger charge is -2.31. The monoisotopic (exact) mass is 432 g/mol. The van der Waals surface area contributed by atoms with Gasteiger partial charge in [0, 0.05) is 47.5 Å². The van der Waals surface area contributed by atoms with Gasteiger partial charge in [0.2, 0.25) is 5.60 Å². The summed E-state index contributed by atoms with van der Waals surface area (Å²) in [5.41, 5.74) is -3.36. The molecule has 0 saturated heterocycles. The molecule has 0 bridgehead atoms. The molecule has 2 aromatic carbocycles. The van der Waals surface area contributed by atoms with Gasteiger partial charge in [-0.1, -0.05) is 24.3 Å². The summed E-state index contributed by atoms with van der Waals surface area (Å²) >= 11 is 0. The highest BCUT2D eigenvalue weighted by molar-refractivity contribution is 5.96. The van der Waals surface area contributed by atoms with E-state index in [0.717, 1.165) is 18.3 Å². The van der Waals surface area contributed by atoms with Crippen molar-refractivity contribution < 1.29 is 23.1 Å². The summed E-state index contributed by atoms with van der Waals surface area (Å²) in [6, 6.07) is 9.21. The number of halogens is 3. The summed E-state index contributed by atoms with van der Waals surface area (Å²) in [6.07, 6.45) is -2.96. The lowest BCUT2D eigenvalue weighted by molar-refractivity contribution is -0.247. The second-order valence-corrected chi connectivity index (χ2v) is 7.58. The summed E-state index contributed by atoms with van der Waals surface area (Å²) in [7, 11) is 1.60. The molecule has 0 saturated carbocycles. The Hall–Kier alpha value is -3.33. The van der Waals surface area contributed by atoms with Crippen molar-refractivity contribution in [3.63, 3.8) is 0 Å². The number of nitrogens with one attached hydrogen (secondary N) is 3. The molecule has 0 spiro atoms. The molecule has 0 fully saturated rings. The Morgan fingerprint density at radius 2 is 1.87 bits per heavy atom. The molecule has 1 heterocycles. The van der Waals surface area contributed by atoms with Crippen LogP contribution >= 0.6 is 0 Å². The van der Waals surface area contributed by atoms with Gasteiger partial charge in [-0.25, -0.2) is 4.79 Å². The maximum absolute atomic E-state index is 14.3. The normalized spacial score (nSPS) is 13.8. The van der Waals surface area contributed by atoms with Gasteiger partial charge in [-0.3, -0.25) is 0 Å². The first-order valence-corrected chi connectivity index (χ1v) is 9.55. The number of alkyl halides is 3. The summed E-state index contributed by atoms with van der Waals surface area (Å²) in [5, 5.41) is 24.1. The number of nitrogens with zero attached hydrogens (tertiary/aromatic N) is 1. The van der Waals surface area contributed by atoms with Crippen molar-refractivity contribution in [1.82, 2.24) is 9.88 Å². The Labute approximate surface area is 177 Å². The van der Waals surface area contributed by atoms with Crippen molar-refractivity contribution >= 4 is 28.8 Å². The number of benzene rings is 2. The van der Waals surface area contributed by atoms with E-state index < -0.39 is 23.4 Å². The molecule has 4 N–H and O–H groups in total. The van der Waals surface area contributed by atoms with E-state index in [1.807, 2.05) is 0 Å². The minimum atomic E-state index is -5.04. The fourth-order valence-electron chi connectivity index (χ4n) is 3.54. The zero-order chi connectivity index (χ0) is 23.0. The molecule has 1 unspecified atom stereocenters. The second-order valence-electron chi connectivity index (χ2n) is 7.58. The molecule has 164 valence electrons. The number of fused-ring (bicyclic) bond motifs is 1.